The standard InChI is InChI=1S/C24H24N2O3S2/c27-24(22-10-4-5-11-23(22)30-18-19-8-2-1-3-9-19)25-20-12-14-21(15-13-20)31(28,29)26-16-6-7-17-26/h1-5,8-15H,6-7,16-18H2,(H,25,27). The molecule has 1 saturated heterocycles. The smallest absolute Gasteiger partial charge is 0.256 e. The number of carbonyl (C=O) groups excluding carboxylic acids is 1. The summed E-state index contributed by atoms with van der Waals surface area (Å²) in [5.41, 5.74) is 2.35. The lowest BCUT2D eigenvalue weighted by atomic mass is 10.2. The summed E-state index contributed by atoms with van der Waals surface area (Å²) in [6.45, 7) is 1.14. The maximum absolute atomic E-state index is 12.9. The average Bonchev–Trinajstić information content (AvgIpc) is 3.35. The summed E-state index contributed by atoms with van der Waals surface area (Å²) in [5, 5.41) is 2.88. The molecule has 0 bridgehead atoms. The molecule has 1 heterocycles. The van der Waals surface area contributed by atoms with Crippen molar-refractivity contribution in [1.29, 1.82) is 0 Å². The van der Waals surface area contributed by atoms with E-state index in [0.717, 1.165) is 23.5 Å². The molecule has 0 radical (unpaired) electrons. The lowest BCUT2D eigenvalue weighted by Gasteiger charge is -2.16. The van der Waals surface area contributed by atoms with Crippen molar-refractivity contribution >= 4 is 33.4 Å². The molecule has 1 aliphatic rings. The number of benzene rings is 3. The number of nitrogens with one attached hydrogen (secondary N) is 1. The maximum atomic E-state index is 12.9. The van der Waals surface area contributed by atoms with E-state index >= 15 is 0 Å². The van der Waals surface area contributed by atoms with Gasteiger partial charge in [0.2, 0.25) is 10.0 Å². The van der Waals surface area contributed by atoms with Gasteiger partial charge in [0.1, 0.15) is 0 Å². The average molecular weight is 453 g/mol. The highest BCUT2D eigenvalue weighted by molar-refractivity contribution is 7.98. The minimum atomic E-state index is -3.46. The molecule has 3 aromatic carbocycles. The fourth-order valence-electron chi connectivity index (χ4n) is 3.50. The number of amides is 1. The van der Waals surface area contributed by atoms with E-state index in [2.05, 4.69) is 17.4 Å². The summed E-state index contributed by atoms with van der Waals surface area (Å²) in [4.78, 5) is 14.0. The number of sulfonamides is 1. The molecule has 1 aliphatic heterocycles. The third-order valence-corrected chi connectivity index (χ3v) is 8.24. The molecule has 0 atom stereocenters. The van der Waals surface area contributed by atoms with E-state index in [1.165, 1.54) is 9.87 Å². The van der Waals surface area contributed by atoms with E-state index in [1.54, 1.807) is 42.1 Å². The Balaban J connectivity index is 1.45. The van der Waals surface area contributed by atoms with Crippen LogP contribution in [0, 0.1) is 0 Å². The number of nitrogens with zero attached hydrogens (tertiary/aromatic N) is 1. The van der Waals surface area contributed by atoms with Crippen molar-refractivity contribution in [2.24, 2.45) is 0 Å². The van der Waals surface area contributed by atoms with Crippen LogP contribution in [0.2, 0.25) is 0 Å². The zero-order valence-corrected chi connectivity index (χ0v) is 18.7. The summed E-state index contributed by atoms with van der Waals surface area (Å²) in [5.74, 6) is 0.556. The third-order valence-electron chi connectivity index (χ3n) is 5.18. The Morgan fingerprint density at radius 2 is 1.52 bits per heavy atom. The highest BCUT2D eigenvalue weighted by atomic mass is 32.2. The molecule has 1 fully saturated rings. The number of rotatable bonds is 7. The summed E-state index contributed by atoms with van der Waals surface area (Å²) < 4.78 is 26.8. The molecule has 7 heteroatoms. The summed E-state index contributed by atoms with van der Waals surface area (Å²) >= 11 is 1.61. The third kappa shape index (κ3) is 5.18. The minimum Gasteiger partial charge on any atom is -0.322 e. The van der Waals surface area contributed by atoms with Crippen LogP contribution in [0.4, 0.5) is 5.69 Å². The van der Waals surface area contributed by atoms with E-state index < -0.39 is 10.0 Å². The largest absolute Gasteiger partial charge is 0.322 e. The molecule has 160 valence electrons. The van der Waals surface area contributed by atoms with Gasteiger partial charge in [-0.25, -0.2) is 8.42 Å². The molecule has 0 aliphatic carbocycles. The van der Waals surface area contributed by atoms with Crippen LogP contribution in [0.25, 0.3) is 0 Å². The van der Waals surface area contributed by atoms with Crippen LogP contribution in [-0.4, -0.2) is 31.7 Å². The van der Waals surface area contributed by atoms with Gasteiger partial charge in [-0.05, 0) is 54.8 Å². The van der Waals surface area contributed by atoms with E-state index in [-0.39, 0.29) is 10.8 Å². The van der Waals surface area contributed by atoms with Crippen LogP contribution >= 0.6 is 11.8 Å². The molecule has 0 saturated carbocycles. The summed E-state index contributed by atoms with van der Waals surface area (Å²) in [6, 6.07) is 24.0. The number of hydrogen-bond acceptors (Lipinski definition) is 4. The van der Waals surface area contributed by atoms with Crippen molar-refractivity contribution < 1.29 is 13.2 Å². The van der Waals surface area contributed by atoms with Gasteiger partial charge >= 0.3 is 0 Å². The zero-order chi connectivity index (χ0) is 21.7. The Bertz CT molecular complexity index is 1140. The zero-order valence-electron chi connectivity index (χ0n) is 17.0. The van der Waals surface area contributed by atoms with Crippen LogP contribution < -0.4 is 5.32 Å². The normalized spacial score (nSPS) is 14.5. The van der Waals surface area contributed by atoms with Gasteiger partial charge in [0.25, 0.3) is 5.91 Å². The number of hydrogen-bond donors (Lipinski definition) is 1. The maximum Gasteiger partial charge on any atom is 0.256 e. The molecule has 0 aromatic heterocycles. The molecule has 1 amide bonds. The fourth-order valence-corrected chi connectivity index (χ4v) is 6.02. The number of carbonyl (C=O) groups is 1. The first-order valence-corrected chi connectivity index (χ1v) is 12.6. The topological polar surface area (TPSA) is 66.5 Å². The molecule has 1 N–H and O–H groups in total. The molecular weight excluding hydrogens is 428 g/mol. The highest BCUT2D eigenvalue weighted by Gasteiger charge is 2.27. The SMILES string of the molecule is O=C(Nc1ccc(S(=O)(=O)N2CCCC2)cc1)c1ccccc1SCc1ccccc1. The molecule has 4 rings (SSSR count). The second kappa shape index (κ2) is 9.68. The first-order valence-electron chi connectivity index (χ1n) is 10.2. The Morgan fingerprint density at radius 1 is 0.871 bits per heavy atom. The Morgan fingerprint density at radius 3 is 2.23 bits per heavy atom. The molecule has 31 heavy (non-hydrogen) atoms. The van der Waals surface area contributed by atoms with Crippen molar-refractivity contribution in [1.82, 2.24) is 4.31 Å². The van der Waals surface area contributed by atoms with Gasteiger partial charge in [0.05, 0.1) is 10.5 Å². The van der Waals surface area contributed by atoms with Crippen molar-refractivity contribution in [3.63, 3.8) is 0 Å². The lowest BCUT2D eigenvalue weighted by Crippen LogP contribution is -2.27. The van der Waals surface area contributed by atoms with E-state index in [4.69, 9.17) is 0 Å². The van der Waals surface area contributed by atoms with Crippen molar-refractivity contribution in [3.8, 4) is 0 Å². The van der Waals surface area contributed by atoms with Crippen LogP contribution in [-0.2, 0) is 15.8 Å². The van der Waals surface area contributed by atoms with Gasteiger partial charge in [-0.1, -0.05) is 42.5 Å². The summed E-state index contributed by atoms with van der Waals surface area (Å²) in [6.07, 6.45) is 1.80. The van der Waals surface area contributed by atoms with Crippen molar-refractivity contribution in [3.05, 3.63) is 90.0 Å². The Labute approximate surface area is 187 Å². The predicted molar refractivity (Wildman–Crippen MR) is 125 cm³/mol. The molecule has 3 aromatic rings. The van der Waals surface area contributed by atoms with Gasteiger partial charge in [0.15, 0.2) is 0 Å². The first kappa shape index (κ1) is 21.6. The quantitative estimate of drug-likeness (QED) is 0.512. The van der Waals surface area contributed by atoms with Gasteiger partial charge in [-0.15, -0.1) is 11.8 Å². The molecule has 0 spiro atoms. The number of anilines is 1. The molecule has 0 unspecified atom stereocenters. The van der Waals surface area contributed by atoms with Crippen molar-refractivity contribution in [2.75, 3.05) is 18.4 Å². The van der Waals surface area contributed by atoms with Gasteiger partial charge in [-0.3, -0.25) is 4.79 Å². The van der Waals surface area contributed by atoms with Crippen LogP contribution in [0.15, 0.2) is 88.7 Å². The van der Waals surface area contributed by atoms with Gasteiger partial charge < -0.3 is 5.32 Å². The monoisotopic (exact) mass is 452 g/mol. The van der Waals surface area contributed by atoms with Crippen molar-refractivity contribution in [2.45, 2.75) is 28.4 Å². The van der Waals surface area contributed by atoms with Crippen LogP contribution in [0.1, 0.15) is 28.8 Å². The first-order chi connectivity index (χ1) is 15.0. The van der Waals surface area contributed by atoms with E-state index in [0.29, 0.717) is 24.3 Å². The lowest BCUT2D eigenvalue weighted by molar-refractivity contribution is 0.102. The summed E-state index contributed by atoms with van der Waals surface area (Å²) in [7, 11) is -3.46. The van der Waals surface area contributed by atoms with Gasteiger partial charge in [0, 0.05) is 29.4 Å². The molecule has 5 nitrogen and oxygen atoms in total. The van der Waals surface area contributed by atoms with Crippen LogP contribution in [0.3, 0.4) is 0 Å². The van der Waals surface area contributed by atoms with Gasteiger partial charge in [-0.2, -0.15) is 4.31 Å². The second-order valence-electron chi connectivity index (χ2n) is 7.36. The molecular formula is C24H24N2O3S2. The highest BCUT2D eigenvalue weighted by Crippen LogP contribution is 2.27. The Hall–Kier alpha value is -2.61. The second-order valence-corrected chi connectivity index (χ2v) is 10.3. The van der Waals surface area contributed by atoms with E-state index in [9.17, 15) is 13.2 Å². The minimum absolute atomic E-state index is 0.216. The predicted octanol–water partition coefficient (Wildman–Crippen LogP) is 5.02. The van der Waals surface area contributed by atoms with E-state index in [1.807, 2.05) is 36.4 Å². The van der Waals surface area contributed by atoms with Crippen LogP contribution in [0.5, 0.6) is 0 Å². The number of thioether (sulfide) groups is 1. The fraction of sp³-hybridized carbons (Fsp3) is 0.208. The Kier molecular flexibility index (Phi) is 6.75.